The fraction of sp³-hybridized carbons (Fsp3) is 0.333. The quantitative estimate of drug-likeness (QED) is 0.904. The van der Waals surface area contributed by atoms with E-state index >= 15 is 0 Å². The number of amides is 2. The van der Waals surface area contributed by atoms with Crippen LogP contribution >= 0.6 is 11.6 Å². The van der Waals surface area contributed by atoms with Crippen molar-refractivity contribution in [3.63, 3.8) is 0 Å². The van der Waals surface area contributed by atoms with Gasteiger partial charge in [0.1, 0.15) is 0 Å². The van der Waals surface area contributed by atoms with Crippen molar-refractivity contribution in [3.05, 3.63) is 64.9 Å². The predicted molar refractivity (Wildman–Crippen MR) is 93.6 cm³/mol. The summed E-state index contributed by atoms with van der Waals surface area (Å²) < 4.78 is 0. The largest absolute Gasteiger partial charge is 0.337 e. The van der Waals surface area contributed by atoms with Gasteiger partial charge in [0, 0.05) is 30.2 Å². The fourth-order valence-corrected chi connectivity index (χ4v) is 2.37. The first-order chi connectivity index (χ1) is 10.9. The topological polar surface area (TPSA) is 45.2 Å². The molecule has 2 rings (SSSR count). The van der Waals surface area contributed by atoms with Crippen molar-refractivity contribution < 1.29 is 4.79 Å². The van der Waals surface area contributed by atoms with Crippen LogP contribution in [0.15, 0.2) is 48.7 Å². The minimum absolute atomic E-state index is 0.113. The Kier molecular flexibility index (Phi) is 5.61. The highest BCUT2D eigenvalue weighted by Crippen LogP contribution is 2.23. The van der Waals surface area contributed by atoms with E-state index in [0.29, 0.717) is 18.1 Å². The van der Waals surface area contributed by atoms with Crippen LogP contribution in [0.1, 0.15) is 25.1 Å². The molecule has 0 unspecified atom stereocenters. The van der Waals surface area contributed by atoms with E-state index in [2.05, 4.69) is 24.1 Å². The minimum atomic E-state index is -0.175. The summed E-state index contributed by atoms with van der Waals surface area (Å²) in [6, 6.07) is 13.3. The highest BCUT2D eigenvalue weighted by atomic mass is 35.5. The maximum Gasteiger partial charge on any atom is 0.317 e. The van der Waals surface area contributed by atoms with Crippen LogP contribution in [0.3, 0.4) is 0 Å². The Morgan fingerprint density at radius 2 is 1.91 bits per heavy atom. The molecule has 0 saturated carbocycles. The Balaban J connectivity index is 1.91. The number of aromatic nitrogens is 1. The SMILES string of the molecule is CN(Cc1ccccn1)C(=O)NCC(C)(C)c1ccc(Cl)cc1. The number of hydrogen-bond acceptors (Lipinski definition) is 2. The van der Waals surface area contributed by atoms with Gasteiger partial charge in [0.2, 0.25) is 0 Å². The van der Waals surface area contributed by atoms with Crippen molar-refractivity contribution in [2.24, 2.45) is 0 Å². The van der Waals surface area contributed by atoms with E-state index in [0.717, 1.165) is 11.3 Å². The van der Waals surface area contributed by atoms with Gasteiger partial charge in [0.15, 0.2) is 0 Å². The molecule has 4 nitrogen and oxygen atoms in total. The normalized spacial score (nSPS) is 11.1. The Labute approximate surface area is 142 Å². The average Bonchev–Trinajstić information content (AvgIpc) is 2.54. The lowest BCUT2D eigenvalue weighted by atomic mass is 9.85. The summed E-state index contributed by atoms with van der Waals surface area (Å²) in [4.78, 5) is 18.1. The van der Waals surface area contributed by atoms with Gasteiger partial charge < -0.3 is 10.2 Å². The van der Waals surface area contributed by atoms with Crippen molar-refractivity contribution in [2.45, 2.75) is 25.8 Å². The van der Waals surface area contributed by atoms with Gasteiger partial charge in [-0.3, -0.25) is 4.98 Å². The third-order valence-corrected chi connectivity index (χ3v) is 4.03. The first-order valence-corrected chi connectivity index (χ1v) is 7.91. The number of rotatable bonds is 5. The van der Waals surface area contributed by atoms with Crippen LogP contribution in [0.2, 0.25) is 5.02 Å². The molecule has 0 aliphatic rings. The number of nitrogens with zero attached hydrogens (tertiary/aromatic N) is 2. The highest BCUT2D eigenvalue weighted by molar-refractivity contribution is 6.30. The van der Waals surface area contributed by atoms with E-state index in [1.807, 2.05) is 42.5 Å². The molecule has 0 fully saturated rings. The molecule has 1 heterocycles. The smallest absolute Gasteiger partial charge is 0.317 e. The molecular weight excluding hydrogens is 310 g/mol. The van der Waals surface area contributed by atoms with E-state index < -0.39 is 0 Å². The number of pyridine rings is 1. The summed E-state index contributed by atoms with van der Waals surface area (Å²) in [5, 5.41) is 3.69. The number of carbonyl (C=O) groups is 1. The number of carbonyl (C=O) groups excluding carboxylic acids is 1. The number of benzene rings is 1. The first kappa shape index (κ1) is 17.3. The van der Waals surface area contributed by atoms with E-state index in [4.69, 9.17) is 11.6 Å². The molecule has 1 aromatic heterocycles. The molecule has 0 bridgehead atoms. The second kappa shape index (κ2) is 7.47. The van der Waals surface area contributed by atoms with Crippen LogP contribution in [0, 0.1) is 0 Å². The lowest BCUT2D eigenvalue weighted by molar-refractivity contribution is 0.204. The van der Waals surface area contributed by atoms with Gasteiger partial charge in [-0.2, -0.15) is 0 Å². The van der Waals surface area contributed by atoms with Crippen molar-refractivity contribution >= 4 is 17.6 Å². The van der Waals surface area contributed by atoms with Crippen LogP contribution in [-0.4, -0.2) is 29.5 Å². The number of urea groups is 1. The van der Waals surface area contributed by atoms with Crippen LogP contribution in [0.4, 0.5) is 4.79 Å². The van der Waals surface area contributed by atoms with Gasteiger partial charge in [-0.1, -0.05) is 43.6 Å². The lowest BCUT2D eigenvalue weighted by Gasteiger charge is -2.27. The summed E-state index contributed by atoms with van der Waals surface area (Å²) in [5.74, 6) is 0. The van der Waals surface area contributed by atoms with E-state index in [1.165, 1.54) is 0 Å². The molecule has 0 atom stereocenters. The molecule has 122 valence electrons. The molecule has 5 heteroatoms. The predicted octanol–water partition coefficient (Wildman–Crippen LogP) is 3.85. The van der Waals surface area contributed by atoms with Gasteiger partial charge in [0.25, 0.3) is 0 Å². The van der Waals surface area contributed by atoms with Gasteiger partial charge in [-0.25, -0.2) is 4.79 Å². The number of nitrogens with one attached hydrogen (secondary N) is 1. The maximum absolute atomic E-state index is 12.2. The third kappa shape index (κ3) is 4.96. The molecule has 2 amide bonds. The van der Waals surface area contributed by atoms with Crippen LogP contribution < -0.4 is 5.32 Å². The Morgan fingerprint density at radius 3 is 2.52 bits per heavy atom. The molecule has 0 aliphatic heterocycles. The van der Waals surface area contributed by atoms with Crippen molar-refractivity contribution in [3.8, 4) is 0 Å². The maximum atomic E-state index is 12.2. The number of hydrogen-bond donors (Lipinski definition) is 1. The molecule has 0 aliphatic carbocycles. The minimum Gasteiger partial charge on any atom is -0.337 e. The first-order valence-electron chi connectivity index (χ1n) is 7.53. The standard InChI is InChI=1S/C18H22ClN3O/c1-18(2,14-7-9-15(19)10-8-14)13-21-17(23)22(3)12-16-6-4-5-11-20-16/h4-11H,12-13H2,1-3H3,(H,21,23). The van der Waals surface area contributed by atoms with Gasteiger partial charge in [-0.05, 0) is 29.8 Å². The summed E-state index contributed by atoms with van der Waals surface area (Å²) >= 11 is 5.93. The van der Waals surface area contributed by atoms with E-state index in [-0.39, 0.29) is 11.4 Å². The Bertz CT molecular complexity index is 641. The molecule has 23 heavy (non-hydrogen) atoms. The summed E-state index contributed by atoms with van der Waals surface area (Å²) in [6.07, 6.45) is 1.73. The zero-order valence-electron chi connectivity index (χ0n) is 13.7. The van der Waals surface area contributed by atoms with E-state index in [9.17, 15) is 4.79 Å². The second-order valence-electron chi connectivity index (χ2n) is 6.23. The zero-order chi connectivity index (χ0) is 16.9. The monoisotopic (exact) mass is 331 g/mol. The fourth-order valence-electron chi connectivity index (χ4n) is 2.24. The summed E-state index contributed by atoms with van der Waals surface area (Å²) in [7, 11) is 1.76. The van der Waals surface area contributed by atoms with Gasteiger partial charge in [0.05, 0.1) is 12.2 Å². The van der Waals surface area contributed by atoms with Crippen molar-refractivity contribution in [1.29, 1.82) is 0 Å². The molecule has 0 radical (unpaired) electrons. The second-order valence-corrected chi connectivity index (χ2v) is 6.66. The van der Waals surface area contributed by atoms with Crippen LogP contribution in [0.25, 0.3) is 0 Å². The summed E-state index contributed by atoms with van der Waals surface area (Å²) in [6.45, 7) is 5.21. The Hall–Kier alpha value is -2.07. The molecule has 1 N–H and O–H groups in total. The van der Waals surface area contributed by atoms with Crippen LogP contribution in [0.5, 0.6) is 0 Å². The van der Waals surface area contributed by atoms with Crippen molar-refractivity contribution in [1.82, 2.24) is 15.2 Å². The molecule has 1 aromatic carbocycles. The van der Waals surface area contributed by atoms with Crippen LogP contribution in [-0.2, 0) is 12.0 Å². The van der Waals surface area contributed by atoms with E-state index in [1.54, 1.807) is 18.1 Å². The van der Waals surface area contributed by atoms with Gasteiger partial charge in [-0.15, -0.1) is 0 Å². The zero-order valence-corrected chi connectivity index (χ0v) is 14.5. The van der Waals surface area contributed by atoms with Gasteiger partial charge >= 0.3 is 6.03 Å². The molecule has 2 aromatic rings. The lowest BCUT2D eigenvalue weighted by Crippen LogP contribution is -2.42. The molecular formula is C18H22ClN3O. The highest BCUT2D eigenvalue weighted by Gasteiger charge is 2.22. The summed E-state index contributed by atoms with van der Waals surface area (Å²) in [5.41, 5.74) is 1.82. The molecule has 0 saturated heterocycles. The third-order valence-electron chi connectivity index (χ3n) is 3.78. The number of halogens is 1. The van der Waals surface area contributed by atoms with Crippen molar-refractivity contribution in [2.75, 3.05) is 13.6 Å². The average molecular weight is 332 g/mol. The Morgan fingerprint density at radius 1 is 1.22 bits per heavy atom. The molecule has 0 spiro atoms.